The lowest BCUT2D eigenvalue weighted by molar-refractivity contribution is 0.207. The van der Waals surface area contributed by atoms with Crippen LogP contribution in [0.3, 0.4) is 0 Å². The van der Waals surface area contributed by atoms with Gasteiger partial charge in [0.05, 0.1) is 6.61 Å². The van der Waals surface area contributed by atoms with Crippen LogP contribution in [0, 0.1) is 5.92 Å². The van der Waals surface area contributed by atoms with Crippen molar-refractivity contribution in [3.63, 3.8) is 0 Å². The Kier molecular flexibility index (Phi) is 3.34. The second kappa shape index (κ2) is 4.93. The summed E-state index contributed by atoms with van der Waals surface area (Å²) in [6.45, 7) is 2.81. The van der Waals surface area contributed by atoms with Gasteiger partial charge in [0.1, 0.15) is 0 Å². The molecule has 5 heteroatoms. The number of nitrogens with zero attached hydrogens (tertiary/aromatic N) is 1. The SMILES string of the molecule is O=c1ccc(OCC2CCNCC2)n[nH]1. The summed E-state index contributed by atoms with van der Waals surface area (Å²) in [6, 6.07) is 3.02. The molecule has 15 heavy (non-hydrogen) atoms. The Labute approximate surface area is 87.8 Å². The minimum absolute atomic E-state index is 0.204. The van der Waals surface area contributed by atoms with Gasteiger partial charge in [0, 0.05) is 12.1 Å². The number of hydrogen-bond donors (Lipinski definition) is 2. The highest BCUT2D eigenvalue weighted by Crippen LogP contribution is 2.13. The maximum Gasteiger partial charge on any atom is 0.264 e. The van der Waals surface area contributed by atoms with E-state index in [-0.39, 0.29) is 5.56 Å². The van der Waals surface area contributed by atoms with Crippen LogP contribution in [0.15, 0.2) is 16.9 Å². The molecule has 1 fully saturated rings. The van der Waals surface area contributed by atoms with Crippen molar-refractivity contribution >= 4 is 0 Å². The fourth-order valence-corrected chi connectivity index (χ4v) is 1.66. The highest BCUT2D eigenvalue weighted by molar-refractivity contribution is 5.05. The highest BCUT2D eigenvalue weighted by atomic mass is 16.5. The highest BCUT2D eigenvalue weighted by Gasteiger charge is 2.13. The molecule has 0 spiro atoms. The first-order valence-corrected chi connectivity index (χ1v) is 5.24. The van der Waals surface area contributed by atoms with Gasteiger partial charge < -0.3 is 10.1 Å². The summed E-state index contributed by atoms with van der Waals surface area (Å²) < 4.78 is 5.49. The van der Waals surface area contributed by atoms with E-state index in [9.17, 15) is 4.79 Å². The Morgan fingerprint density at radius 1 is 1.40 bits per heavy atom. The van der Waals surface area contributed by atoms with Crippen LogP contribution >= 0.6 is 0 Å². The summed E-state index contributed by atoms with van der Waals surface area (Å²) >= 11 is 0. The molecule has 82 valence electrons. The molecule has 0 unspecified atom stereocenters. The van der Waals surface area contributed by atoms with Crippen LogP contribution in [0.4, 0.5) is 0 Å². The molecular formula is C10H15N3O2. The number of aromatic nitrogens is 2. The number of rotatable bonds is 3. The standard InChI is InChI=1S/C10H15N3O2/c14-9-1-2-10(13-12-9)15-7-8-3-5-11-6-4-8/h1-2,8,11H,3-7H2,(H,12,14). The fourth-order valence-electron chi connectivity index (χ4n) is 1.66. The van der Waals surface area contributed by atoms with Crippen LogP contribution < -0.4 is 15.6 Å². The molecule has 2 N–H and O–H groups in total. The molecule has 2 heterocycles. The quantitative estimate of drug-likeness (QED) is 0.743. The number of aromatic amines is 1. The first-order chi connectivity index (χ1) is 7.34. The largest absolute Gasteiger partial charge is 0.476 e. The molecule has 0 aromatic carbocycles. The predicted octanol–water partition coefficient (Wildman–Crippen LogP) is 0.148. The Balaban J connectivity index is 1.81. The van der Waals surface area contributed by atoms with Crippen molar-refractivity contribution < 1.29 is 4.74 Å². The average molecular weight is 209 g/mol. The van der Waals surface area contributed by atoms with Crippen molar-refractivity contribution in [2.45, 2.75) is 12.8 Å². The van der Waals surface area contributed by atoms with Gasteiger partial charge in [-0.25, -0.2) is 5.10 Å². The summed E-state index contributed by atoms with van der Waals surface area (Å²) in [6.07, 6.45) is 2.28. The smallest absolute Gasteiger partial charge is 0.264 e. The van der Waals surface area contributed by atoms with Crippen molar-refractivity contribution in [2.24, 2.45) is 5.92 Å². The number of H-pyrrole nitrogens is 1. The van der Waals surface area contributed by atoms with Gasteiger partial charge in [0.25, 0.3) is 5.56 Å². The third-order valence-electron chi connectivity index (χ3n) is 2.58. The van der Waals surface area contributed by atoms with Gasteiger partial charge >= 0.3 is 0 Å². The molecule has 1 saturated heterocycles. The average Bonchev–Trinajstić information content (AvgIpc) is 2.30. The number of hydrogen-bond acceptors (Lipinski definition) is 4. The Morgan fingerprint density at radius 3 is 2.87 bits per heavy atom. The zero-order valence-corrected chi connectivity index (χ0v) is 8.53. The van der Waals surface area contributed by atoms with E-state index in [1.165, 1.54) is 6.07 Å². The molecule has 1 aromatic rings. The van der Waals surface area contributed by atoms with Crippen molar-refractivity contribution in [2.75, 3.05) is 19.7 Å². The topological polar surface area (TPSA) is 67.0 Å². The second-order valence-electron chi connectivity index (χ2n) is 3.76. The van der Waals surface area contributed by atoms with Crippen LogP contribution in [0.25, 0.3) is 0 Å². The Bertz CT molecular complexity index is 337. The minimum atomic E-state index is -0.204. The Morgan fingerprint density at radius 2 is 2.20 bits per heavy atom. The van der Waals surface area contributed by atoms with Crippen molar-refractivity contribution in [3.05, 3.63) is 22.5 Å². The van der Waals surface area contributed by atoms with E-state index in [4.69, 9.17) is 4.74 Å². The molecule has 0 radical (unpaired) electrons. The maximum atomic E-state index is 10.7. The van der Waals surface area contributed by atoms with Crippen LogP contribution in [0.5, 0.6) is 5.88 Å². The fraction of sp³-hybridized carbons (Fsp3) is 0.600. The third-order valence-corrected chi connectivity index (χ3v) is 2.58. The number of ether oxygens (including phenoxy) is 1. The zero-order chi connectivity index (χ0) is 10.5. The molecule has 0 bridgehead atoms. The van der Waals surface area contributed by atoms with Gasteiger partial charge in [-0.3, -0.25) is 4.79 Å². The second-order valence-corrected chi connectivity index (χ2v) is 3.76. The molecule has 0 amide bonds. The first-order valence-electron chi connectivity index (χ1n) is 5.24. The van der Waals surface area contributed by atoms with Crippen LogP contribution in [0.1, 0.15) is 12.8 Å². The van der Waals surface area contributed by atoms with E-state index in [0.29, 0.717) is 18.4 Å². The summed E-state index contributed by atoms with van der Waals surface area (Å²) in [5.74, 6) is 1.09. The lowest BCUT2D eigenvalue weighted by Gasteiger charge is -2.22. The van der Waals surface area contributed by atoms with E-state index >= 15 is 0 Å². The molecule has 1 aromatic heterocycles. The summed E-state index contributed by atoms with van der Waals surface area (Å²) in [5.41, 5.74) is -0.204. The molecular weight excluding hydrogens is 194 g/mol. The van der Waals surface area contributed by atoms with E-state index in [2.05, 4.69) is 15.5 Å². The summed E-state index contributed by atoms with van der Waals surface area (Å²) in [4.78, 5) is 10.7. The third kappa shape index (κ3) is 3.06. The normalized spacial score (nSPS) is 17.6. The number of nitrogens with one attached hydrogen (secondary N) is 2. The van der Waals surface area contributed by atoms with Crippen molar-refractivity contribution in [1.82, 2.24) is 15.5 Å². The van der Waals surface area contributed by atoms with E-state index in [0.717, 1.165) is 25.9 Å². The van der Waals surface area contributed by atoms with Gasteiger partial charge in [-0.15, -0.1) is 5.10 Å². The summed E-state index contributed by atoms with van der Waals surface area (Å²) in [5, 5.41) is 9.43. The van der Waals surface area contributed by atoms with Crippen molar-refractivity contribution in [1.29, 1.82) is 0 Å². The molecule has 1 aliphatic rings. The van der Waals surface area contributed by atoms with Gasteiger partial charge in [0.15, 0.2) is 0 Å². The lowest BCUT2D eigenvalue weighted by atomic mass is 9.99. The molecule has 5 nitrogen and oxygen atoms in total. The Hall–Kier alpha value is -1.36. The molecule has 0 aliphatic carbocycles. The van der Waals surface area contributed by atoms with Gasteiger partial charge in [0.2, 0.25) is 5.88 Å². The molecule has 0 saturated carbocycles. The van der Waals surface area contributed by atoms with Crippen molar-refractivity contribution in [3.8, 4) is 5.88 Å². The molecule has 2 rings (SSSR count). The van der Waals surface area contributed by atoms with Gasteiger partial charge in [-0.2, -0.15) is 0 Å². The van der Waals surface area contributed by atoms with Gasteiger partial charge in [-0.1, -0.05) is 0 Å². The lowest BCUT2D eigenvalue weighted by Crippen LogP contribution is -2.30. The van der Waals surface area contributed by atoms with Gasteiger partial charge in [-0.05, 0) is 31.8 Å². The monoisotopic (exact) mass is 209 g/mol. The number of piperidine rings is 1. The minimum Gasteiger partial charge on any atom is -0.476 e. The van der Waals surface area contributed by atoms with E-state index in [1.807, 2.05) is 0 Å². The maximum absolute atomic E-state index is 10.7. The molecule has 1 aliphatic heterocycles. The van der Waals surface area contributed by atoms with Crippen LogP contribution in [0.2, 0.25) is 0 Å². The summed E-state index contributed by atoms with van der Waals surface area (Å²) in [7, 11) is 0. The van der Waals surface area contributed by atoms with E-state index in [1.54, 1.807) is 6.07 Å². The zero-order valence-electron chi connectivity index (χ0n) is 8.53. The van der Waals surface area contributed by atoms with Crippen LogP contribution in [-0.2, 0) is 0 Å². The predicted molar refractivity (Wildman–Crippen MR) is 55.9 cm³/mol. The first kappa shape index (κ1) is 10.2. The molecule has 0 atom stereocenters. The van der Waals surface area contributed by atoms with E-state index < -0.39 is 0 Å². The van der Waals surface area contributed by atoms with Crippen LogP contribution in [-0.4, -0.2) is 29.9 Å².